The molecule has 0 aliphatic carbocycles. The van der Waals surface area contributed by atoms with Crippen molar-refractivity contribution in [2.75, 3.05) is 6.61 Å². The smallest absolute Gasteiger partial charge is 0.340 e. The summed E-state index contributed by atoms with van der Waals surface area (Å²) in [4.78, 5) is 16.1. The number of nitrogens with zero attached hydrogens (tertiary/aromatic N) is 1. The highest BCUT2D eigenvalue weighted by molar-refractivity contribution is 9.10. The maximum atomic E-state index is 11.8. The first-order valence-corrected chi connectivity index (χ1v) is 6.56. The van der Waals surface area contributed by atoms with Crippen LogP contribution in [0.15, 0.2) is 22.8 Å². The van der Waals surface area contributed by atoms with Crippen molar-refractivity contribution >= 4 is 32.8 Å². The van der Waals surface area contributed by atoms with E-state index in [0.29, 0.717) is 12.2 Å². The Kier molecular flexibility index (Phi) is 3.66. The molecule has 0 aliphatic heterocycles. The van der Waals surface area contributed by atoms with Crippen molar-refractivity contribution in [3.05, 3.63) is 39.5 Å². The molecule has 1 heterocycles. The number of hydrogen-bond acceptors (Lipinski definition) is 3. The van der Waals surface area contributed by atoms with Crippen molar-refractivity contribution in [1.82, 2.24) is 4.98 Å². The van der Waals surface area contributed by atoms with Crippen LogP contribution in [0.3, 0.4) is 0 Å². The van der Waals surface area contributed by atoms with Gasteiger partial charge in [-0.3, -0.25) is 4.98 Å². The minimum atomic E-state index is -0.349. The van der Waals surface area contributed by atoms with E-state index in [4.69, 9.17) is 4.74 Å². The average molecular weight is 308 g/mol. The van der Waals surface area contributed by atoms with Crippen molar-refractivity contribution in [2.24, 2.45) is 0 Å². The minimum Gasteiger partial charge on any atom is -0.462 e. The number of esters is 1. The molecule has 0 bridgehead atoms. The highest BCUT2D eigenvalue weighted by atomic mass is 79.9. The largest absolute Gasteiger partial charge is 0.462 e. The molecule has 3 nitrogen and oxygen atoms in total. The van der Waals surface area contributed by atoms with Gasteiger partial charge >= 0.3 is 5.97 Å². The van der Waals surface area contributed by atoms with Crippen LogP contribution < -0.4 is 0 Å². The summed E-state index contributed by atoms with van der Waals surface area (Å²) in [5, 5.41) is 0.943. The van der Waals surface area contributed by atoms with E-state index in [-0.39, 0.29) is 5.97 Å². The highest BCUT2D eigenvalue weighted by Gasteiger charge is 2.15. The molecule has 0 radical (unpaired) electrons. The van der Waals surface area contributed by atoms with Gasteiger partial charge in [-0.1, -0.05) is 11.6 Å². The maximum absolute atomic E-state index is 11.8. The van der Waals surface area contributed by atoms with E-state index in [9.17, 15) is 4.79 Å². The third-order valence-corrected chi connectivity index (χ3v) is 3.59. The monoisotopic (exact) mass is 307 g/mol. The molecule has 0 unspecified atom stereocenters. The van der Waals surface area contributed by atoms with Gasteiger partial charge in [-0.2, -0.15) is 0 Å². The van der Waals surface area contributed by atoms with E-state index in [1.807, 2.05) is 19.9 Å². The van der Waals surface area contributed by atoms with Gasteiger partial charge in [0.05, 0.1) is 17.7 Å². The van der Waals surface area contributed by atoms with Gasteiger partial charge in [-0.25, -0.2) is 4.79 Å². The first kappa shape index (κ1) is 13.0. The number of ether oxygens (including phenoxy) is 1. The lowest BCUT2D eigenvalue weighted by Gasteiger charge is -2.09. The lowest BCUT2D eigenvalue weighted by Crippen LogP contribution is -2.06. The summed E-state index contributed by atoms with van der Waals surface area (Å²) >= 11 is 3.48. The summed E-state index contributed by atoms with van der Waals surface area (Å²) < 4.78 is 5.76. The number of carbonyl (C=O) groups is 1. The molecular formula is C14H14BrNO2. The van der Waals surface area contributed by atoms with Crippen LogP contribution in [0.2, 0.25) is 0 Å². The molecule has 1 aromatic heterocycles. The molecule has 94 valence electrons. The van der Waals surface area contributed by atoms with Crippen molar-refractivity contribution in [1.29, 1.82) is 0 Å². The Labute approximate surface area is 114 Å². The third kappa shape index (κ3) is 2.25. The second-order valence-corrected chi connectivity index (χ2v) is 4.98. The van der Waals surface area contributed by atoms with Gasteiger partial charge in [0, 0.05) is 16.1 Å². The molecule has 0 N–H and O–H groups in total. The Hall–Kier alpha value is -1.42. The number of aryl methyl sites for hydroxylation is 2. The number of halogens is 1. The highest BCUT2D eigenvalue weighted by Crippen LogP contribution is 2.29. The van der Waals surface area contributed by atoms with Gasteiger partial charge in [0.15, 0.2) is 0 Å². The van der Waals surface area contributed by atoms with Crippen LogP contribution in [0.1, 0.15) is 28.4 Å². The van der Waals surface area contributed by atoms with E-state index < -0.39 is 0 Å². The SMILES string of the molecule is CCOC(=O)c1cnc2c(C)cc(C)cc2c1Br. The number of pyridine rings is 1. The lowest BCUT2D eigenvalue weighted by atomic mass is 10.1. The van der Waals surface area contributed by atoms with Crippen LogP contribution in [0, 0.1) is 13.8 Å². The fraction of sp³-hybridized carbons (Fsp3) is 0.286. The summed E-state index contributed by atoms with van der Waals surface area (Å²) in [5.74, 6) is -0.349. The predicted octanol–water partition coefficient (Wildman–Crippen LogP) is 3.79. The molecule has 2 aromatic rings. The molecule has 18 heavy (non-hydrogen) atoms. The van der Waals surface area contributed by atoms with Gasteiger partial charge in [0.1, 0.15) is 0 Å². The molecule has 0 saturated heterocycles. The molecule has 0 saturated carbocycles. The van der Waals surface area contributed by atoms with Crippen LogP contribution in [0.4, 0.5) is 0 Å². The molecule has 0 spiro atoms. The predicted molar refractivity (Wildman–Crippen MR) is 74.9 cm³/mol. The molecule has 0 amide bonds. The average Bonchev–Trinajstić information content (AvgIpc) is 2.30. The first-order valence-electron chi connectivity index (χ1n) is 5.77. The molecule has 4 heteroatoms. The molecule has 0 aliphatic rings. The Balaban J connectivity index is 2.67. The first-order chi connectivity index (χ1) is 8.54. The molecule has 0 fully saturated rings. The number of benzene rings is 1. The van der Waals surface area contributed by atoms with Crippen molar-refractivity contribution in [2.45, 2.75) is 20.8 Å². The molecule has 0 atom stereocenters. The number of carbonyl (C=O) groups excluding carboxylic acids is 1. The van der Waals surface area contributed by atoms with E-state index in [1.165, 1.54) is 0 Å². The number of rotatable bonds is 2. The summed E-state index contributed by atoms with van der Waals surface area (Å²) in [6, 6.07) is 4.09. The molecular weight excluding hydrogens is 294 g/mol. The van der Waals surface area contributed by atoms with Gasteiger partial charge < -0.3 is 4.74 Å². The summed E-state index contributed by atoms with van der Waals surface area (Å²) in [6.45, 7) is 6.18. The van der Waals surface area contributed by atoms with Crippen molar-refractivity contribution in [3.63, 3.8) is 0 Å². The topological polar surface area (TPSA) is 39.2 Å². The minimum absolute atomic E-state index is 0.349. The number of fused-ring (bicyclic) bond motifs is 1. The Morgan fingerprint density at radius 1 is 1.39 bits per heavy atom. The second-order valence-electron chi connectivity index (χ2n) is 4.18. The summed E-state index contributed by atoms with van der Waals surface area (Å²) in [5.41, 5.74) is 3.61. The second kappa shape index (κ2) is 5.06. The van der Waals surface area contributed by atoms with Crippen molar-refractivity contribution < 1.29 is 9.53 Å². The fourth-order valence-corrected chi connectivity index (χ4v) is 2.55. The van der Waals surface area contributed by atoms with Crippen LogP contribution in [-0.4, -0.2) is 17.6 Å². The van der Waals surface area contributed by atoms with Crippen molar-refractivity contribution in [3.8, 4) is 0 Å². The molecule has 2 rings (SSSR count). The van der Waals surface area contributed by atoms with E-state index in [2.05, 4.69) is 27.0 Å². The Morgan fingerprint density at radius 3 is 2.78 bits per heavy atom. The normalized spacial score (nSPS) is 10.7. The maximum Gasteiger partial charge on any atom is 0.340 e. The number of aromatic nitrogens is 1. The lowest BCUT2D eigenvalue weighted by molar-refractivity contribution is 0.0525. The van der Waals surface area contributed by atoms with E-state index >= 15 is 0 Å². The molecule has 1 aromatic carbocycles. The zero-order valence-corrected chi connectivity index (χ0v) is 12.2. The van der Waals surface area contributed by atoms with Gasteiger partial charge in [0.25, 0.3) is 0 Å². The van der Waals surface area contributed by atoms with E-state index in [1.54, 1.807) is 13.1 Å². The van der Waals surface area contributed by atoms with Crippen LogP contribution in [-0.2, 0) is 4.74 Å². The zero-order chi connectivity index (χ0) is 13.3. The van der Waals surface area contributed by atoms with Crippen LogP contribution in [0.5, 0.6) is 0 Å². The third-order valence-electron chi connectivity index (χ3n) is 2.74. The summed E-state index contributed by atoms with van der Waals surface area (Å²) in [6.07, 6.45) is 1.56. The van der Waals surface area contributed by atoms with Crippen LogP contribution in [0.25, 0.3) is 10.9 Å². The number of hydrogen-bond donors (Lipinski definition) is 0. The fourth-order valence-electron chi connectivity index (χ4n) is 1.98. The van der Waals surface area contributed by atoms with Gasteiger partial charge in [0.2, 0.25) is 0 Å². The van der Waals surface area contributed by atoms with E-state index in [0.717, 1.165) is 26.5 Å². The van der Waals surface area contributed by atoms with Crippen LogP contribution >= 0.6 is 15.9 Å². The Bertz CT molecular complexity index is 623. The summed E-state index contributed by atoms with van der Waals surface area (Å²) in [7, 11) is 0. The van der Waals surface area contributed by atoms with Gasteiger partial charge in [-0.05, 0) is 48.3 Å². The quantitative estimate of drug-likeness (QED) is 0.792. The standard InChI is InChI=1S/C14H14BrNO2/c1-4-18-14(17)11-7-16-13-9(3)5-8(2)6-10(13)12(11)15/h5-7H,4H2,1-3H3. The Morgan fingerprint density at radius 2 is 2.11 bits per heavy atom. The zero-order valence-electron chi connectivity index (χ0n) is 10.6. The van der Waals surface area contributed by atoms with Gasteiger partial charge in [-0.15, -0.1) is 0 Å².